The Labute approximate surface area is 215 Å². The SMILES string of the molecule is CCN(CC)CC.Cc1ccc(-n2c(=S)[nH]c3c(sc(=S)n3-c3ccc(C)c(C)c3)c2=O)cc1. The van der Waals surface area contributed by atoms with Crippen molar-refractivity contribution in [3.8, 4) is 11.4 Å². The Balaban J connectivity index is 0.000000406. The molecule has 4 aromatic rings. The van der Waals surface area contributed by atoms with Crippen LogP contribution in [-0.4, -0.2) is 38.7 Å². The van der Waals surface area contributed by atoms with E-state index in [4.69, 9.17) is 24.4 Å². The first-order valence-electron chi connectivity index (χ1n) is 11.5. The largest absolute Gasteiger partial charge is 0.316 e. The predicted octanol–water partition coefficient (Wildman–Crippen LogP) is 6.90. The lowest BCUT2D eigenvalue weighted by Crippen LogP contribution is -2.21. The Kier molecular flexibility index (Phi) is 8.76. The smallest absolute Gasteiger partial charge is 0.278 e. The number of nitrogens with zero attached hydrogens (tertiary/aromatic N) is 3. The number of aromatic nitrogens is 3. The summed E-state index contributed by atoms with van der Waals surface area (Å²) in [5, 5.41) is 0. The van der Waals surface area contributed by atoms with Crippen molar-refractivity contribution in [2.75, 3.05) is 19.6 Å². The van der Waals surface area contributed by atoms with Crippen LogP contribution in [0.2, 0.25) is 0 Å². The van der Waals surface area contributed by atoms with Gasteiger partial charge < -0.3 is 9.88 Å². The molecular formula is C26H32N4OS3. The van der Waals surface area contributed by atoms with Gasteiger partial charge in [-0.05, 0) is 100 Å². The first kappa shape index (κ1) is 26.2. The lowest BCUT2D eigenvalue weighted by atomic mass is 10.1. The minimum atomic E-state index is -0.156. The van der Waals surface area contributed by atoms with Gasteiger partial charge in [0.15, 0.2) is 8.73 Å². The van der Waals surface area contributed by atoms with Crippen LogP contribution in [0, 0.1) is 29.5 Å². The summed E-state index contributed by atoms with van der Waals surface area (Å²) in [6.45, 7) is 16.3. The van der Waals surface area contributed by atoms with Crippen LogP contribution in [0.5, 0.6) is 0 Å². The molecule has 2 aromatic heterocycles. The molecule has 0 saturated heterocycles. The van der Waals surface area contributed by atoms with E-state index in [0.29, 0.717) is 19.1 Å². The highest BCUT2D eigenvalue weighted by atomic mass is 32.1. The van der Waals surface area contributed by atoms with Crippen molar-refractivity contribution in [3.05, 3.63) is 78.2 Å². The summed E-state index contributed by atoms with van der Waals surface area (Å²) in [4.78, 5) is 18.8. The van der Waals surface area contributed by atoms with Gasteiger partial charge in [0.05, 0.1) is 5.69 Å². The van der Waals surface area contributed by atoms with E-state index in [-0.39, 0.29) is 5.56 Å². The number of hydrogen-bond donors (Lipinski definition) is 1. The van der Waals surface area contributed by atoms with Gasteiger partial charge >= 0.3 is 0 Å². The molecule has 5 nitrogen and oxygen atoms in total. The second kappa shape index (κ2) is 11.4. The van der Waals surface area contributed by atoms with Crippen LogP contribution in [0.4, 0.5) is 0 Å². The van der Waals surface area contributed by atoms with Crippen LogP contribution in [0.1, 0.15) is 37.5 Å². The van der Waals surface area contributed by atoms with E-state index in [1.807, 2.05) is 41.8 Å². The van der Waals surface area contributed by atoms with Crippen molar-refractivity contribution >= 4 is 46.1 Å². The molecule has 0 saturated carbocycles. The second-order valence-corrected chi connectivity index (χ2v) is 10.2. The van der Waals surface area contributed by atoms with Crippen LogP contribution in [0.3, 0.4) is 0 Å². The zero-order valence-corrected chi connectivity index (χ0v) is 23.1. The number of thiazole rings is 1. The van der Waals surface area contributed by atoms with E-state index in [1.165, 1.54) is 46.7 Å². The van der Waals surface area contributed by atoms with Crippen LogP contribution < -0.4 is 5.56 Å². The molecule has 0 aliphatic heterocycles. The lowest BCUT2D eigenvalue weighted by Gasteiger charge is -2.13. The molecule has 0 fully saturated rings. The van der Waals surface area contributed by atoms with Crippen molar-refractivity contribution in [2.24, 2.45) is 0 Å². The molecule has 34 heavy (non-hydrogen) atoms. The second-order valence-electron chi connectivity index (χ2n) is 8.18. The minimum Gasteiger partial charge on any atom is -0.316 e. The van der Waals surface area contributed by atoms with E-state index in [1.54, 1.807) is 0 Å². The van der Waals surface area contributed by atoms with E-state index < -0.39 is 0 Å². The van der Waals surface area contributed by atoms with E-state index in [2.05, 4.69) is 56.6 Å². The number of fused-ring (bicyclic) bond motifs is 1. The molecule has 4 rings (SSSR count). The maximum absolute atomic E-state index is 13.2. The van der Waals surface area contributed by atoms with Gasteiger partial charge in [-0.15, -0.1) is 0 Å². The third kappa shape index (κ3) is 5.46. The molecule has 1 N–H and O–H groups in total. The standard InChI is InChI=1S/C20H17N3OS3.C6H15N/c1-11-4-7-14(8-5-11)23-18(24)16-17(21-19(23)25)22(20(26)27-16)15-9-6-12(2)13(3)10-15;1-4-7(5-2)6-3/h4-10H,1-3H3,(H,21,25);4-6H2,1-3H3. The Morgan fingerprint density at radius 2 is 1.44 bits per heavy atom. The molecular weight excluding hydrogens is 481 g/mol. The molecule has 0 amide bonds. The number of aromatic amines is 1. The zero-order valence-electron chi connectivity index (χ0n) is 20.6. The number of hydrogen-bond acceptors (Lipinski definition) is 5. The van der Waals surface area contributed by atoms with Gasteiger partial charge in [-0.25, -0.2) is 0 Å². The third-order valence-corrected chi connectivity index (χ3v) is 7.67. The van der Waals surface area contributed by atoms with Gasteiger partial charge in [0.2, 0.25) is 0 Å². The number of H-pyrrole nitrogens is 1. The fraction of sp³-hybridized carbons (Fsp3) is 0.346. The third-order valence-electron chi connectivity index (χ3n) is 6.02. The van der Waals surface area contributed by atoms with E-state index in [9.17, 15) is 4.79 Å². The molecule has 2 heterocycles. The molecule has 0 unspecified atom stereocenters. The Morgan fingerprint density at radius 1 is 0.853 bits per heavy atom. The topological polar surface area (TPSA) is 46.0 Å². The average molecular weight is 513 g/mol. The summed E-state index contributed by atoms with van der Waals surface area (Å²) in [5.41, 5.74) is 5.65. The molecule has 0 atom stereocenters. The first-order chi connectivity index (χ1) is 16.2. The fourth-order valence-electron chi connectivity index (χ4n) is 3.68. The van der Waals surface area contributed by atoms with Crippen molar-refractivity contribution in [2.45, 2.75) is 41.5 Å². The van der Waals surface area contributed by atoms with Crippen molar-refractivity contribution in [3.63, 3.8) is 0 Å². The molecule has 180 valence electrons. The van der Waals surface area contributed by atoms with Gasteiger partial charge in [0, 0.05) is 5.69 Å². The van der Waals surface area contributed by atoms with Gasteiger partial charge in [-0.2, -0.15) is 0 Å². The quantitative estimate of drug-likeness (QED) is 0.295. The Bertz CT molecular complexity index is 1450. The molecule has 0 radical (unpaired) electrons. The van der Waals surface area contributed by atoms with Crippen LogP contribution in [0.15, 0.2) is 47.3 Å². The fourth-order valence-corrected chi connectivity index (χ4v) is 5.29. The van der Waals surface area contributed by atoms with E-state index >= 15 is 0 Å². The lowest BCUT2D eigenvalue weighted by molar-refractivity contribution is 0.321. The number of rotatable bonds is 5. The highest BCUT2D eigenvalue weighted by molar-refractivity contribution is 7.73. The highest BCUT2D eigenvalue weighted by Crippen LogP contribution is 2.25. The van der Waals surface area contributed by atoms with Gasteiger partial charge in [0.25, 0.3) is 5.56 Å². The highest BCUT2D eigenvalue weighted by Gasteiger charge is 2.15. The van der Waals surface area contributed by atoms with Crippen LogP contribution in [-0.2, 0) is 0 Å². The summed E-state index contributed by atoms with van der Waals surface area (Å²) in [6, 6.07) is 13.8. The van der Waals surface area contributed by atoms with Gasteiger partial charge in [-0.1, -0.05) is 55.9 Å². The number of benzene rings is 2. The molecule has 0 spiro atoms. The number of aryl methyl sites for hydroxylation is 3. The Hall–Kier alpha value is -2.39. The average Bonchev–Trinajstić information content (AvgIpc) is 3.14. The zero-order chi connectivity index (χ0) is 25.0. The monoisotopic (exact) mass is 512 g/mol. The summed E-state index contributed by atoms with van der Waals surface area (Å²) in [6.07, 6.45) is 0. The van der Waals surface area contributed by atoms with Crippen molar-refractivity contribution in [1.82, 2.24) is 19.0 Å². The Morgan fingerprint density at radius 3 is 1.97 bits per heavy atom. The van der Waals surface area contributed by atoms with Gasteiger partial charge in [-0.3, -0.25) is 13.9 Å². The van der Waals surface area contributed by atoms with Gasteiger partial charge in [0.1, 0.15) is 10.3 Å². The predicted molar refractivity (Wildman–Crippen MR) is 150 cm³/mol. The normalized spacial score (nSPS) is 11.0. The molecule has 0 bridgehead atoms. The maximum atomic E-state index is 13.2. The minimum absolute atomic E-state index is 0.156. The summed E-state index contributed by atoms with van der Waals surface area (Å²) in [5.74, 6) is 0. The summed E-state index contributed by atoms with van der Waals surface area (Å²) < 4.78 is 4.93. The van der Waals surface area contributed by atoms with Crippen molar-refractivity contribution in [1.29, 1.82) is 0 Å². The first-order valence-corrected chi connectivity index (χ1v) is 13.1. The number of nitrogens with one attached hydrogen (secondary N) is 1. The molecule has 0 aliphatic carbocycles. The maximum Gasteiger partial charge on any atom is 0.278 e. The molecule has 8 heteroatoms. The summed E-state index contributed by atoms with van der Waals surface area (Å²) >= 11 is 12.4. The van der Waals surface area contributed by atoms with Crippen molar-refractivity contribution < 1.29 is 0 Å². The summed E-state index contributed by atoms with van der Waals surface area (Å²) in [7, 11) is 0. The van der Waals surface area contributed by atoms with E-state index in [0.717, 1.165) is 16.9 Å². The molecule has 0 aliphatic rings. The molecule has 2 aromatic carbocycles. The van der Waals surface area contributed by atoms with Crippen LogP contribution >= 0.6 is 35.8 Å². The van der Waals surface area contributed by atoms with Crippen LogP contribution in [0.25, 0.3) is 21.7 Å².